The maximum absolute atomic E-state index is 12.3. The Hall–Kier alpha value is -2.95. The number of aromatic hydroxyl groups is 1. The molecule has 0 aliphatic rings. The third-order valence-electron chi connectivity index (χ3n) is 3.92. The van der Waals surface area contributed by atoms with Gasteiger partial charge >= 0.3 is 0 Å². The molecule has 0 aliphatic heterocycles. The molecule has 2 aromatic carbocycles. The van der Waals surface area contributed by atoms with Crippen LogP contribution in [-0.2, 0) is 12.8 Å². The van der Waals surface area contributed by atoms with E-state index < -0.39 is 0 Å². The van der Waals surface area contributed by atoms with Gasteiger partial charge in [-0.05, 0) is 36.2 Å². The van der Waals surface area contributed by atoms with E-state index in [9.17, 15) is 9.90 Å². The number of methoxy groups -OCH3 is 2. The first-order valence-electron chi connectivity index (χ1n) is 7.58. The molecule has 5 heteroatoms. The second-order valence-electron chi connectivity index (χ2n) is 5.41. The van der Waals surface area contributed by atoms with Crippen molar-refractivity contribution in [3.8, 4) is 17.2 Å². The number of rotatable bonds is 5. The lowest BCUT2D eigenvalue weighted by atomic mass is 10.1. The highest BCUT2D eigenvalue weighted by atomic mass is 16.5. The topological polar surface area (TPSA) is 68.9 Å². The average Bonchev–Trinajstić information content (AvgIpc) is 2.60. The Kier molecular flexibility index (Phi) is 4.42. The zero-order valence-electron chi connectivity index (χ0n) is 13.5. The van der Waals surface area contributed by atoms with Crippen molar-refractivity contribution in [3.05, 3.63) is 64.0 Å². The van der Waals surface area contributed by atoms with Crippen molar-refractivity contribution < 1.29 is 19.0 Å². The predicted molar refractivity (Wildman–Crippen MR) is 91.1 cm³/mol. The Morgan fingerprint density at radius 3 is 2.42 bits per heavy atom. The summed E-state index contributed by atoms with van der Waals surface area (Å²) in [6.07, 6.45) is 1.32. The van der Waals surface area contributed by atoms with Gasteiger partial charge in [0.25, 0.3) is 0 Å². The third kappa shape index (κ3) is 3.06. The van der Waals surface area contributed by atoms with Gasteiger partial charge < -0.3 is 19.0 Å². The Morgan fingerprint density at radius 1 is 1.00 bits per heavy atom. The van der Waals surface area contributed by atoms with E-state index in [0.29, 0.717) is 17.8 Å². The maximum atomic E-state index is 12.3. The minimum absolute atomic E-state index is 0.141. The van der Waals surface area contributed by atoms with Gasteiger partial charge in [-0.15, -0.1) is 0 Å². The fourth-order valence-corrected chi connectivity index (χ4v) is 2.61. The number of aryl methyl sites for hydroxylation is 2. The molecule has 0 spiro atoms. The van der Waals surface area contributed by atoms with E-state index in [1.54, 1.807) is 19.2 Å². The summed E-state index contributed by atoms with van der Waals surface area (Å²) in [5, 5.41) is 10.2. The zero-order chi connectivity index (χ0) is 17.1. The molecule has 24 heavy (non-hydrogen) atoms. The molecular formula is C19H18O5. The van der Waals surface area contributed by atoms with Crippen LogP contribution in [0, 0.1) is 0 Å². The summed E-state index contributed by atoms with van der Waals surface area (Å²) < 4.78 is 15.9. The third-order valence-corrected chi connectivity index (χ3v) is 3.92. The van der Waals surface area contributed by atoms with Crippen molar-refractivity contribution in [1.29, 1.82) is 0 Å². The monoisotopic (exact) mass is 326 g/mol. The molecule has 1 heterocycles. The normalized spacial score (nSPS) is 10.8. The summed E-state index contributed by atoms with van der Waals surface area (Å²) >= 11 is 0. The van der Waals surface area contributed by atoms with Gasteiger partial charge in [0.2, 0.25) is 0 Å². The molecule has 3 aromatic rings. The van der Waals surface area contributed by atoms with Gasteiger partial charge in [-0.2, -0.15) is 0 Å². The van der Waals surface area contributed by atoms with E-state index in [1.807, 2.05) is 24.3 Å². The van der Waals surface area contributed by atoms with E-state index in [1.165, 1.54) is 13.2 Å². The maximum Gasteiger partial charge on any atom is 0.196 e. The first-order valence-corrected chi connectivity index (χ1v) is 7.58. The van der Waals surface area contributed by atoms with E-state index >= 15 is 0 Å². The average molecular weight is 326 g/mol. The minimum Gasteiger partial charge on any atom is -0.504 e. The van der Waals surface area contributed by atoms with E-state index in [2.05, 4.69) is 0 Å². The number of ether oxygens (including phenoxy) is 2. The van der Waals surface area contributed by atoms with E-state index in [4.69, 9.17) is 13.9 Å². The fraction of sp³-hybridized carbons (Fsp3) is 0.211. The van der Waals surface area contributed by atoms with Crippen molar-refractivity contribution >= 4 is 11.0 Å². The minimum atomic E-state index is -0.280. The van der Waals surface area contributed by atoms with Crippen molar-refractivity contribution in [2.75, 3.05) is 14.2 Å². The predicted octanol–water partition coefficient (Wildman–Crippen LogP) is 3.30. The van der Waals surface area contributed by atoms with E-state index in [0.717, 1.165) is 17.7 Å². The van der Waals surface area contributed by atoms with Crippen LogP contribution in [0.4, 0.5) is 0 Å². The first-order chi connectivity index (χ1) is 11.6. The summed E-state index contributed by atoms with van der Waals surface area (Å²) in [6.45, 7) is 0. The van der Waals surface area contributed by atoms with Crippen LogP contribution in [-0.4, -0.2) is 19.3 Å². The number of benzene rings is 2. The first kappa shape index (κ1) is 15.9. The number of phenols is 1. The fourth-order valence-electron chi connectivity index (χ4n) is 2.61. The molecule has 1 aromatic heterocycles. The van der Waals surface area contributed by atoms with Gasteiger partial charge in [0.1, 0.15) is 22.5 Å². The second kappa shape index (κ2) is 6.66. The Bertz CT molecular complexity index is 909. The highest BCUT2D eigenvalue weighted by molar-refractivity contribution is 5.85. The number of fused-ring (bicyclic) bond motifs is 1. The van der Waals surface area contributed by atoms with Crippen molar-refractivity contribution in [2.45, 2.75) is 12.8 Å². The zero-order valence-corrected chi connectivity index (χ0v) is 13.5. The van der Waals surface area contributed by atoms with Crippen LogP contribution in [0.15, 0.2) is 51.7 Å². The molecule has 0 saturated heterocycles. The van der Waals surface area contributed by atoms with Gasteiger partial charge in [-0.1, -0.05) is 12.1 Å². The van der Waals surface area contributed by atoms with Gasteiger partial charge in [0, 0.05) is 12.5 Å². The molecule has 124 valence electrons. The molecule has 0 fully saturated rings. The van der Waals surface area contributed by atoms with Crippen LogP contribution in [0.25, 0.3) is 11.0 Å². The van der Waals surface area contributed by atoms with Gasteiger partial charge in [0.05, 0.1) is 14.2 Å². The van der Waals surface area contributed by atoms with Gasteiger partial charge in [-0.3, -0.25) is 4.79 Å². The van der Waals surface area contributed by atoms with Gasteiger partial charge in [-0.25, -0.2) is 0 Å². The van der Waals surface area contributed by atoms with Crippen LogP contribution < -0.4 is 14.9 Å². The molecule has 0 radical (unpaired) electrons. The van der Waals surface area contributed by atoms with Gasteiger partial charge in [0.15, 0.2) is 16.9 Å². The second-order valence-corrected chi connectivity index (χ2v) is 5.41. The van der Waals surface area contributed by atoms with E-state index in [-0.39, 0.29) is 22.3 Å². The summed E-state index contributed by atoms with van der Waals surface area (Å²) in [5.41, 5.74) is 1.19. The molecule has 0 saturated carbocycles. The molecular weight excluding hydrogens is 308 g/mol. The van der Waals surface area contributed by atoms with Crippen LogP contribution in [0.3, 0.4) is 0 Å². The van der Waals surface area contributed by atoms with Crippen molar-refractivity contribution in [3.63, 3.8) is 0 Å². The Labute approximate surface area is 139 Å². The molecule has 0 unspecified atom stereocenters. The molecule has 0 bridgehead atoms. The van der Waals surface area contributed by atoms with Crippen LogP contribution in [0.2, 0.25) is 0 Å². The lowest BCUT2D eigenvalue weighted by Crippen LogP contribution is -2.04. The standard InChI is InChI=1S/C19H18O5/c1-22-13-6-3-12(4-7-13)5-8-14-11-15(20)18-16(24-14)9-10-17(23-2)19(18)21/h3-4,6-7,9-11,21H,5,8H2,1-2H3. The molecule has 0 atom stereocenters. The molecule has 0 aliphatic carbocycles. The van der Waals surface area contributed by atoms with Crippen LogP contribution in [0.1, 0.15) is 11.3 Å². The number of hydrogen-bond donors (Lipinski definition) is 1. The molecule has 1 N–H and O–H groups in total. The lowest BCUT2D eigenvalue weighted by Gasteiger charge is -2.08. The van der Waals surface area contributed by atoms with Crippen molar-refractivity contribution in [1.82, 2.24) is 0 Å². The number of hydrogen-bond acceptors (Lipinski definition) is 5. The van der Waals surface area contributed by atoms with Crippen LogP contribution >= 0.6 is 0 Å². The smallest absolute Gasteiger partial charge is 0.196 e. The molecule has 3 rings (SSSR count). The molecule has 0 amide bonds. The quantitative estimate of drug-likeness (QED) is 0.779. The Morgan fingerprint density at radius 2 is 1.75 bits per heavy atom. The lowest BCUT2D eigenvalue weighted by molar-refractivity contribution is 0.375. The summed E-state index contributed by atoms with van der Waals surface area (Å²) in [5.74, 6) is 1.44. The molecule has 5 nitrogen and oxygen atoms in total. The Balaban J connectivity index is 1.86. The number of phenolic OH excluding ortho intramolecular Hbond substituents is 1. The van der Waals surface area contributed by atoms with Crippen LogP contribution in [0.5, 0.6) is 17.2 Å². The highest BCUT2D eigenvalue weighted by Gasteiger charge is 2.13. The SMILES string of the molecule is COc1ccc(CCc2cc(=O)c3c(O)c(OC)ccc3o2)cc1. The highest BCUT2D eigenvalue weighted by Crippen LogP contribution is 2.32. The summed E-state index contributed by atoms with van der Waals surface area (Å²) in [6, 6.07) is 12.4. The summed E-state index contributed by atoms with van der Waals surface area (Å²) in [4.78, 5) is 12.3. The largest absolute Gasteiger partial charge is 0.504 e. The van der Waals surface area contributed by atoms with Crippen molar-refractivity contribution in [2.24, 2.45) is 0 Å². The summed E-state index contributed by atoms with van der Waals surface area (Å²) in [7, 11) is 3.06.